The normalized spacial score (nSPS) is 18.5. The Kier molecular flexibility index (Phi) is 6.45. The molecule has 1 aliphatic rings. The predicted molar refractivity (Wildman–Crippen MR) is 104 cm³/mol. The molecule has 26 heavy (non-hydrogen) atoms. The molecule has 2 heterocycles. The minimum Gasteiger partial charge on any atom is -0.356 e. The van der Waals surface area contributed by atoms with Gasteiger partial charge in [-0.2, -0.15) is 4.31 Å². The molecule has 3 rings (SSSR count). The lowest BCUT2D eigenvalue weighted by molar-refractivity contribution is -0.126. The van der Waals surface area contributed by atoms with Crippen molar-refractivity contribution in [1.29, 1.82) is 0 Å². The van der Waals surface area contributed by atoms with Crippen LogP contribution in [-0.2, 0) is 21.2 Å². The van der Waals surface area contributed by atoms with E-state index in [9.17, 15) is 13.2 Å². The fourth-order valence-electron chi connectivity index (χ4n) is 3.21. The van der Waals surface area contributed by atoms with Crippen LogP contribution in [0.2, 0.25) is 0 Å². The number of hydrogen-bond donors (Lipinski definition) is 1. The largest absolute Gasteiger partial charge is 0.356 e. The van der Waals surface area contributed by atoms with Crippen LogP contribution in [0.1, 0.15) is 24.8 Å². The van der Waals surface area contributed by atoms with Gasteiger partial charge in [-0.3, -0.25) is 4.79 Å². The number of sulfonamides is 1. The van der Waals surface area contributed by atoms with Crippen LogP contribution >= 0.6 is 11.3 Å². The van der Waals surface area contributed by atoms with Gasteiger partial charge in [-0.25, -0.2) is 8.42 Å². The summed E-state index contributed by atoms with van der Waals surface area (Å²) in [6.07, 6.45) is 3.25. The van der Waals surface area contributed by atoms with Crippen molar-refractivity contribution in [2.24, 2.45) is 5.92 Å². The molecule has 0 bridgehead atoms. The first-order valence-electron chi connectivity index (χ1n) is 8.92. The molecule has 1 aromatic carbocycles. The zero-order chi connectivity index (χ0) is 18.4. The Morgan fingerprint density at radius 1 is 1.19 bits per heavy atom. The number of piperidine rings is 1. The van der Waals surface area contributed by atoms with Crippen LogP contribution in [0.3, 0.4) is 0 Å². The molecule has 1 N–H and O–H groups in total. The van der Waals surface area contributed by atoms with E-state index >= 15 is 0 Å². The molecule has 140 valence electrons. The number of carbonyl (C=O) groups excluding carboxylic acids is 1. The number of amides is 1. The van der Waals surface area contributed by atoms with Gasteiger partial charge < -0.3 is 5.32 Å². The van der Waals surface area contributed by atoms with E-state index in [1.54, 1.807) is 17.5 Å². The fraction of sp³-hybridized carbons (Fsp3) is 0.421. The smallest absolute Gasteiger partial charge is 0.252 e. The average molecular weight is 393 g/mol. The third-order valence-electron chi connectivity index (χ3n) is 4.63. The van der Waals surface area contributed by atoms with Crippen LogP contribution in [0, 0.1) is 5.92 Å². The Morgan fingerprint density at radius 2 is 2.00 bits per heavy atom. The molecular weight excluding hydrogens is 368 g/mol. The van der Waals surface area contributed by atoms with Crippen LogP contribution in [0.15, 0.2) is 52.1 Å². The molecule has 1 fully saturated rings. The molecule has 1 amide bonds. The van der Waals surface area contributed by atoms with Gasteiger partial charge in [0.1, 0.15) is 4.21 Å². The van der Waals surface area contributed by atoms with Crippen molar-refractivity contribution in [3.05, 3.63) is 53.4 Å². The van der Waals surface area contributed by atoms with Crippen LogP contribution in [-0.4, -0.2) is 38.3 Å². The van der Waals surface area contributed by atoms with E-state index in [-0.39, 0.29) is 18.4 Å². The molecule has 1 aromatic heterocycles. The highest BCUT2D eigenvalue weighted by molar-refractivity contribution is 7.91. The molecular formula is C19H24N2O3S2. The van der Waals surface area contributed by atoms with Gasteiger partial charge in [0.2, 0.25) is 5.91 Å². The van der Waals surface area contributed by atoms with Gasteiger partial charge in [0.05, 0.1) is 5.92 Å². The minimum atomic E-state index is -3.47. The first-order chi connectivity index (χ1) is 12.6. The number of aryl methyl sites for hydroxylation is 1. The average Bonchev–Trinajstić information content (AvgIpc) is 3.22. The summed E-state index contributed by atoms with van der Waals surface area (Å²) in [4.78, 5) is 12.4. The van der Waals surface area contributed by atoms with Gasteiger partial charge in [-0.15, -0.1) is 11.3 Å². The monoisotopic (exact) mass is 392 g/mol. The third kappa shape index (κ3) is 4.72. The van der Waals surface area contributed by atoms with Gasteiger partial charge >= 0.3 is 0 Å². The maximum atomic E-state index is 12.6. The van der Waals surface area contributed by atoms with E-state index in [1.807, 2.05) is 18.2 Å². The minimum absolute atomic E-state index is 0.0378. The van der Waals surface area contributed by atoms with Crippen LogP contribution in [0.5, 0.6) is 0 Å². The van der Waals surface area contributed by atoms with Crippen molar-refractivity contribution in [2.75, 3.05) is 19.6 Å². The second-order valence-electron chi connectivity index (χ2n) is 6.51. The molecule has 1 saturated heterocycles. The molecule has 0 radical (unpaired) electrons. The maximum absolute atomic E-state index is 12.6. The van der Waals surface area contributed by atoms with Crippen molar-refractivity contribution in [2.45, 2.75) is 29.9 Å². The van der Waals surface area contributed by atoms with Gasteiger partial charge in [0.25, 0.3) is 10.0 Å². The number of nitrogens with zero attached hydrogens (tertiary/aromatic N) is 1. The summed E-state index contributed by atoms with van der Waals surface area (Å²) >= 11 is 1.22. The zero-order valence-electron chi connectivity index (χ0n) is 14.6. The molecule has 2 aromatic rings. The predicted octanol–water partition coefficient (Wildman–Crippen LogP) is 2.90. The fourth-order valence-corrected chi connectivity index (χ4v) is 5.87. The first kappa shape index (κ1) is 19.1. The van der Waals surface area contributed by atoms with E-state index in [2.05, 4.69) is 17.4 Å². The molecule has 5 nitrogen and oxygen atoms in total. The van der Waals surface area contributed by atoms with Gasteiger partial charge in [-0.1, -0.05) is 36.4 Å². The number of thiophene rings is 1. The molecule has 1 atom stereocenters. The molecule has 0 saturated carbocycles. The van der Waals surface area contributed by atoms with Gasteiger partial charge in [-0.05, 0) is 42.7 Å². The summed E-state index contributed by atoms with van der Waals surface area (Å²) in [5.41, 5.74) is 1.26. The number of hydrogen-bond acceptors (Lipinski definition) is 4. The van der Waals surface area contributed by atoms with Crippen molar-refractivity contribution >= 4 is 27.3 Å². The Bertz CT molecular complexity index is 805. The summed E-state index contributed by atoms with van der Waals surface area (Å²) in [5, 5.41) is 4.73. The summed E-state index contributed by atoms with van der Waals surface area (Å²) in [7, 11) is -3.47. The van der Waals surface area contributed by atoms with Crippen molar-refractivity contribution in [3.8, 4) is 0 Å². The molecule has 0 spiro atoms. The summed E-state index contributed by atoms with van der Waals surface area (Å²) in [5.74, 6) is -0.306. The Hall–Kier alpha value is -1.70. The second-order valence-corrected chi connectivity index (χ2v) is 9.63. The SMILES string of the molecule is O=C(NCCCc1ccccc1)C1CCCN(S(=O)(=O)c2cccs2)C1. The van der Waals surface area contributed by atoms with Gasteiger partial charge in [0.15, 0.2) is 0 Å². The number of nitrogens with one attached hydrogen (secondary N) is 1. The number of carbonyl (C=O) groups is 1. The van der Waals surface area contributed by atoms with Crippen molar-refractivity contribution < 1.29 is 13.2 Å². The van der Waals surface area contributed by atoms with Crippen molar-refractivity contribution in [1.82, 2.24) is 9.62 Å². The molecule has 0 aliphatic carbocycles. The Labute approximate surface area is 159 Å². The lowest BCUT2D eigenvalue weighted by Crippen LogP contribution is -2.45. The summed E-state index contributed by atoms with van der Waals surface area (Å²) in [6.45, 7) is 1.37. The molecule has 7 heteroatoms. The van der Waals surface area contributed by atoms with E-state index in [1.165, 1.54) is 21.2 Å². The van der Waals surface area contributed by atoms with E-state index in [0.29, 0.717) is 23.7 Å². The lowest BCUT2D eigenvalue weighted by Gasteiger charge is -2.30. The number of rotatable bonds is 7. The van der Waals surface area contributed by atoms with Gasteiger partial charge in [0, 0.05) is 19.6 Å². The van der Waals surface area contributed by atoms with Crippen LogP contribution in [0.4, 0.5) is 0 Å². The number of benzene rings is 1. The highest BCUT2D eigenvalue weighted by Crippen LogP contribution is 2.26. The summed E-state index contributed by atoms with van der Waals surface area (Å²) < 4.78 is 27.1. The molecule has 1 unspecified atom stereocenters. The first-order valence-corrected chi connectivity index (χ1v) is 11.2. The van der Waals surface area contributed by atoms with Crippen LogP contribution < -0.4 is 5.32 Å². The Balaban J connectivity index is 1.49. The standard InChI is InChI=1S/C19H24N2O3S2/c22-19(20-12-4-9-16-7-2-1-3-8-16)17-10-5-13-21(15-17)26(23,24)18-11-6-14-25-18/h1-3,6-8,11,14,17H,4-5,9-10,12-13,15H2,(H,20,22). The molecule has 1 aliphatic heterocycles. The Morgan fingerprint density at radius 3 is 2.73 bits per heavy atom. The van der Waals surface area contributed by atoms with Crippen LogP contribution in [0.25, 0.3) is 0 Å². The van der Waals surface area contributed by atoms with E-state index in [0.717, 1.165) is 19.3 Å². The van der Waals surface area contributed by atoms with E-state index in [4.69, 9.17) is 0 Å². The maximum Gasteiger partial charge on any atom is 0.252 e. The highest BCUT2D eigenvalue weighted by atomic mass is 32.2. The lowest BCUT2D eigenvalue weighted by atomic mass is 9.99. The third-order valence-corrected chi connectivity index (χ3v) is 7.87. The topological polar surface area (TPSA) is 66.5 Å². The second kappa shape index (κ2) is 8.79. The van der Waals surface area contributed by atoms with Crippen molar-refractivity contribution in [3.63, 3.8) is 0 Å². The summed E-state index contributed by atoms with van der Waals surface area (Å²) in [6, 6.07) is 13.5. The quantitative estimate of drug-likeness (QED) is 0.737. The zero-order valence-corrected chi connectivity index (χ0v) is 16.3. The highest BCUT2D eigenvalue weighted by Gasteiger charge is 2.33. The van der Waals surface area contributed by atoms with E-state index < -0.39 is 10.0 Å².